The van der Waals surface area contributed by atoms with Crippen molar-refractivity contribution in [2.45, 2.75) is 60.0 Å². The molecule has 0 saturated heterocycles. The average molecular weight is 361 g/mol. The summed E-state index contributed by atoms with van der Waals surface area (Å²) in [6, 6.07) is 6.08. The van der Waals surface area contributed by atoms with Crippen LogP contribution in [-0.4, -0.2) is 26.3 Å². The first-order chi connectivity index (χ1) is 10.6. The van der Waals surface area contributed by atoms with E-state index in [2.05, 4.69) is 9.50 Å². The second-order valence-electron chi connectivity index (χ2n) is 6.09. The van der Waals surface area contributed by atoms with E-state index >= 15 is 0 Å². The summed E-state index contributed by atoms with van der Waals surface area (Å²) in [5.74, 6) is 0.0466. The molecule has 0 aromatic heterocycles. The van der Waals surface area contributed by atoms with Gasteiger partial charge in [-0.1, -0.05) is 51.1 Å². The van der Waals surface area contributed by atoms with Gasteiger partial charge < -0.3 is 9.50 Å². The van der Waals surface area contributed by atoms with Crippen LogP contribution in [0.4, 0.5) is 3.89 Å². The Morgan fingerprint density at radius 1 is 1.17 bits per heavy atom. The lowest BCUT2D eigenvalue weighted by molar-refractivity contribution is -0.124. The number of rotatable bonds is 9. The summed E-state index contributed by atoms with van der Waals surface area (Å²) in [7, 11) is -5.00. The summed E-state index contributed by atoms with van der Waals surface area (Å²) in [6.45, 7) is 7.73. The number of carbonyl (C=O) groups is 1. The number of benzene rings is 1. The summed E-state index contributed by atoms with van der Waals surface area (Å²) in [5.41, 5.74) is 0.917. The van der Waals surface area contributed by atoms with E-state index in [4.69, 9.17) is 0 Å². The summed E-state index contributed by atoms with van der Waals surface area (Å²) in [4.78, 5) is 12.2. The average Bonchev–Trinajstić information content (AvgIpc) is 2.42. The van der Waals surface area contributed by atoms with Gasteiger partial charge in [0.15, 0.2) is 5.78 Å². The van der Waals surface area contributed by atoms with Crippen molar-refractivity contribution in [1.82, 2.24) is 5.32 Å². The Hall–Kier alpha value is -1.47. The first-order valence-electron chi connectivity index (χ1n) is 7.61. The van der Waals surface area contributed by atoms with Crippen molar-refractivity contribution in [1.29, 1.82) is 0 Å². The van der Waals surface area contributed by atoms with E-state index < -0.39 is 10.5 Å². The monoisotopic (exact) mass is 361 g/mol. The van der Waals surface area contributed by atoms with Crippen LogP contribution in [0.15, 0.2) is 24.3 Å². The molecular weight excluding hydrogens is 333 g/mol. The Labute approximate surface area is 145 Å². The predicted octanol–water partition coefficient (Wildman–Crippen LogP) is 3.44. The minimum atomic E-state index is -5.00. The topological polar surface area (TPSA) is 72.5 Å². The quantitative estimate of drug-likeness (QED) is 0.682. The zero-order chi connectivity index (χ0) is 17.6. The molecule has 0 bridgehead atoms. The number of nitrogens with one attached hydrogen (secondary N) is 1. The molecule has 0 unspecified atom stereocenters. The van der Waals surface area contributed by atoms with Crippen LogP contribution in [0.2, 0.25) is 0 Å². The van der Waals surface area contributed by atoms with Gasteiger partial charge in [-0.3, -0.25) is 4.79 Å². The van der Waals surface area contributed by atoms with Crippen molar-refractivity contribution < 1.29 is 21.3 Å². The molecule has 0 aliphatic rings. The number of ketones is 1. The molecule has 0 amide bonds. The van der Waals surface area contributed by atoms with E-state index in [-0.39, 0.29) is 37.0 Å². The lowest BCUT2D eigenvalue weighted by Crippen LogP contribution is -2.43. The van der Waals surface area contributed by atoms with Gasteiger partial charge in [0.25, 0.3) is 0 Å². The van der Waals surface area contributed by atoms with Gasteiger partial charge in [-0.2, -0.15) is 8.42 Å². The van der Waals surface area contributed by atoms with Gasteiger partial charge in [0, 0.05) is 12.0 Å². The van der Waals surface area contributed by atoms with E-state index in [0.717, 1.165) is 5.56 Å². The Morgan fingerprint density at radius 3 is 2.12 bits per heavy atom. The fourth-order valence-corrected chi connectivity index (χ4v) is 2.59. The molecule has 0 saturated carbocycles. The van der Waals surface area contributed by atoms with Crippen molar-refractivity contribution in [3.05, 3.63) is 29.8 Å². The Morgan fingerprint density at radius 2 is 1.71 bits per heavy atom. The molecule has 24 heavy (non-hydrogen) atoms. The predicted molar refractivity (Wildman–Crippen MR) is 94.1 cm³/mol. The van der Waals surface area contributed by atoms with Crippen molar-refractivity contribution in [3.63, 3.8) is 0 Å². The van der Waals surface area contributed by atoms with Crippen LogP contribution in [0.5, 0.6) is 5.75 Å². The Bertz CT molecular complexity index is 612. The lowest BCUT2D eigenvalue weighted by Gasteiger charge is -2.22. The van der Waals surface area contributed by atoms with E-state index in [1.54, 1.807) is 12.1 Å². The van der Waals surface area contributed by atoms with Gasteiger partial charge in [-0.05, 0) is 30.5 Å². The Balaban J connectivity index is 0.00000529. The molecule has 0 fully saturated rings. The third-order valence-electron chi connectivity index (χ3n) is 3.29. The minimum Gasteiger partial charge on any atom is -0.358 e. The largest absolute Gasteiger partial charge is 0.488 e. The van der Waals surface area contributed by atoms with Gasteiger partial charge in [0.05, 0.1) is 6.04 Å². The fraction of sp³-hybridized carbons (Fsp3) is 0.588. The summed E-state index contributed by atoms with van der Waals surface area (Å²) in [6.07, 6.45) is 1.28. The molecule has 1 aromatic rings. The van der Waals surface area contributed by atoms with Crippen molar-refractivity contribution in [3.8, 4) is 5.75 Å². The van der Waals surface area contributed by atoms with Crippen molar-refractivity contribution in [2.24, 2.45) is 5.92 Å². The van der Waals surface area contributed by atoms with Gasteiger partial charge in [0.2, 0.25) is 0 Å². The second kappa shape index (κ2) is 9.74. The number of carbonyl (C=O) groups excluding carboxylic acids is 1. The third kappa shape index (κ3) is 8.40. The van der Waals surface area contributed by atoms with Crippen LogP contribution in [0.25, 0.3) is 0 Å². The van der Waals surface area contributed by atoms with E-state index in [1.165, 1.54) is 12.1 Å². The highest BCUT2D eigenvalue weighted by atomic mass is 32.3. The molecule has 0 aliphatic heterocycles. The zero-order valence-electron chi connectivity index (χ0n) is 13.9. The molecule has 138 valence electrons. The molecule has 0 aliphatic carbocycles. The molecule has 0 heterocycles. The van der Waals surface area contributed by atoms with Crippen LogP contribution >= 0.6 is 0 Å². The molecule has 5 nitrogen and oxygen atoms in total. The van der Waals surface area contributed by atoms with Crippen LogP contribution in [0, 0.1) is 5.92 Å². The van der Waals surface area contributed by atoms with Crippen molar-refractivity contribution in [2.75, 3.05) is 0 Å². The highest BCUT2D eigenvalue weighted by Gasteiger charge is 2.21. The maximum absolute atomic E-state index is 12.4. The molecule has 0 spiro atoms. The van der Waals surface area contributed by atoms with E-state index in [9.17, 15) is 17.1 Å². The van der Waals surface area contributed by atoms with Gasteiger partial charge in [-0.25, -0.2) is 0 Å². The van der Waals surface area contributed by atoms with Crippen LogP contribution in [0.3, 0.4) is 0 Å². The van der Waals surface area contributed by atoms with Gasteiger partial charge >= 0.3 is 10.5 Å². The normalized spacial score (nSPS) is 12.8. The highest BCUT2D eigenvalue weighted by Crippen LogP contribution is 2.17. The molecule has 0 radical (unpaired) electrons. The molecule has 1 rings (SSSR count). The second-order valence-corrected chi connectivity index (χ2v) is 7.04. The third-order valence-corrected chi connectivity index (χ3v) is 3.68. The van der Waals surface area contributed by atoms with E-state index in [1.807, 2.05) is 27.7 Å². The van der Waals surface area contributed by atoms with Crippen molar-refractivity contribution >= 4 is 16.3 Å². The number of aryl methyl sites for hydroxylation is 1. The van der Waals surface area contributed by atoms with Gasteiger partial charge in [0.1, 0.15) is 5.75 Å². The first-order valence-corrected chi connectivity index (χ1v) is 8.92. The SMILES string of the molecule is C.CC(C)N[C@@H](CCc1ccc(OS(=O)(=O)F)cc1)C(=O)C(C)C. The summed E-state index contributed by atoms with van der Waals surface area (Å²) < 4.78 is 37.4. The maximum atomic E-state index is 12.4. The van der Waals surface area contributed by atoms with Crippen LogP contribution in [-0.2, 0) is 21.7 Å². The molecule has 1 atom stereocenters. The molecule has 1 aromatic carbocycles. The molecule has 1 N–H and O–H groups in total. The molecule has 7 heteroatoms. The maximum Gasteiger partial charge on any atom is 0.488 e. The molecular formula is C17H28FNO4S. The number of Topliss-reactive ketones (excluding diaryl/α,β-unsaturated/α-hetero) is 1. The van der Waals surface area contributed by atoms with E-state index in [0.29, 0.717) is 12.8 Å². The van der Waals surface area contributed by atoms with Crippen LogP contribution < -0.4 is 9.50 Å². The van der Waals surface area contributed by atoms with Gasteiger partial charge in [-0.15, -0.1) is 0 Å². The minimum absolute atomic E-state index is 0. The zero-order valence-corrected chi connectivity index (χ0v) is 14.7. The fourth-order valence-electron chi connectivity index (χ4n) is 2.25. The number of hydrogen-bond acceptors (Lipinski definition) is 5. The summed E-state index contributed by atoms with van der Waals surface area (Å²) >= 11 is 0. The summed E-state index contributed by atoms with van der Waals surface area (Å²) in [5, 5.41) is 3.27. The lowest BCUT2D eigenvalue weighted by atomic mass is 9.95. The van der Waals surface area contributed by atoms with Crippen LogP contribution in [0.1, 0.15) is 47.1 Å². The Kier molecular flexibility index (Phi) is 9.14. The number of halogens is 1. The highest BCUT2D eigenvalue weighted by molar-refractivity contribution is 7.81. The number of hydrogen-bond donors (Lipinski definition) is 1. The smallest absolute Gasteiger partial charge is 0.358 e. The standard InChI is InChI=1S/C16H24FNO4S.CH4/c1-11(2)16(19)15(18-12(3)4)10-7-13-5-8-14(9-6-13)22-23(17,20)21;/h5-6,8-9,11-12,15,18H,7,10H2,1-4H3;1H4/t15-;/m0./s1. The first kappa shape index (κ1) is 22.5.